The van der Waals surface area contributed by atoms with Crippen LogP contribution in [-0.4, -0.2) is 35.3 Å². The maximum Gasteiger partial charge on any atom is 0.270 e. The lowest BCUT2D eigenvalue weighted by atomic mass is 9.73. The van der Waals surface area contributed by atoms with Gasteiger partial charge >= 0.3 is 0 Å². The number of aromatic nitrogens is 1. The third-order valence-corrected chi connectivity index (χ3v) is 5.83. The van der Waals surface area contributed by atoms with Gasteiger partial charge in [-0.05, 0) is 25.7 Å². The van der Waals surface area contributed by atoms with E-state index >= 15 is 0 Å². The molecule has 0 aromatic carbocycles. The molecule has 5 nitrogen and oxygen atoms in total. The number of amides is 1. The lowest BCUT2D eigenvalue weighted by Crippen LogP contribution is -2.45. The number of nitrogens with one attached hydrogen (secondary N) is 1. The summed E-state index contributed by atoms with van der Waals surface area (Å²) in [6.45, 7) is 3.33. The molecule has 3 unspecified atom stereocenters. The molecular formula is C16H24N2O3S. The lowest BCUT2D eigenvalue weighted by molar-refractivity contribution is 0.00187. The summed E-state index contributed by atoms with van der Waals surface area (Å²) >= 11 is 1.49. The Hall–Kier alpha value is -0.980. The molecule has 1 aliphatic carbocycles. The highest BCUT2D eigenvalue weighted by molar-refractivity contribution is 7.09. The second-order valence-electron chi connectivity index (χ2n) is 6.67. The van der Waals surface area contributed by atoms with Crippen LogP contribution in [0.4, 0.5) is 0 Å². The second-order valence-corrected chi connectivity index (χ2v) is 7.56. The fraction of sp³-hybridized carbons (Fsp3) is 0.750. The van der Waals surface area contributed by atoms with Gasteiger partial charge in [0.2, 0.25) is 0 Å². The first-order chi connectivity index (χ1) is 10.6. The Balaban J connectivity index is 1.57. The monoisotopic (exact) mass is 324 g/mol. The average molecular weight is 324 g/mol. The normalized spacial score (nSPS) is 32.1. The van der Waals surface area contributed by atoms with Gasteiger partial charge in [0.1, 0.15) is 16.8 Å². The van der Waals surface area contributed by atoms with Gasteiger partial charge in [-0.1, -0.05) is 19.8 Å². The fourth-order valence-corrected chi connectivity index (χ4v) is 4.15. The molecule has 1 amide bonds. The zero-order chi connectivity index (χ0) is 15.6. The van der Waals surface area contributed by atoms with Gasteiger partial charge in [0.25, 0.3) is 5.91 Å². The molecule has 3 atom stereocenters. The summed E-state index contributed by atoms with van der Waals surface area (Å²) in [5.74, 6) is -0.153. The van der Waals surface area contributed by atoms with Crippen LogP contribution in [0.5, 0.6) is 0 Å². The highest BCUT2D eigenvalue weighted by Crippen LogP contribution is 2.35. The molecule has 3 rings (SSSR count). The van der Waals surface area contributed by atoms with Crippen LogP contribution >= 0.6 is 11.3 Å². The molecule has 122 valence electrons. The van der Waals surface area contributed by atoms with E-state index < -0.39 is 0 Å². The summed E-state index contributed by atoms with van der Waals surface area (Å²) in [4.78, 5) is 16.7. The Kier molecular flexibility index (Phi) is 4.80. The van der Waals surface area contributed by atoms with E-state index in [-0.39, 0.29) is 23.5 Å². The largest absolute Gasteiger partial charge is 0.392 e. The van der Waals surface area contributed by atoms with Crippen LogP contribution in [0.3, 0.4) is 0 Å². The maximum atomic E-state index is 12.3. The van der Waals surface area contributed by atoms with Crippen molar-refractivity contribution in [1.29, 1.82) is 0 Å². The standard InChI is InChI=1S/C16H24N2O3S/c1-16(7-3-2-6-13(16)19)10-17-14(20)11-9-22-15(18-11)12-5-4-8-21-12/h9,12-13,19H,2-8,10H2,1H3,(H,17,20). The van der Waals surface area contributed by atoms with Gasteiger partial charge in [0.05, 0.1) is 6.10 Å². The molecule has 0 bridgehead atoms. The smallest absolute Gasteiger partial charge is 0.270 e. The minimum Gasteiger partial charge on any atom is -0.392 e. The fourth-order valence-electron chi connectivity index (χ4n) is 3.27. The molecule has 2 N–H and O–H groups in total. The predicted molar refractivity (Wildman–Crippen MR) is 85.0 cm³/mol. The number of nitrogens with zero attached hydrogens (tertiary/aromatic N) is 1. The van der Waals surface area contributed by atoms with E-state index in [1.807, 2.05) is 0 Å². The third-order valence-electron chi connectivity index (χ3n) is 4.89. The number of rotatable bonds is 4. The van der Waals surface area contributed by atoms with Crippen LogP contribution in [-0.2, 0) is 4.74 Å². The van der Waals surface area contributed by atoms with E-state index in [0.29, 0.717) is 12.2 Å². The molecule has 2 heterocycles. The van der Waals surface area contributed by atoms with Crippen LogP contribution in [0, 0.1) is 5.41 Å². The van der Waals surface area contributed by atoms with Crippen LogP contribution in [0.1, 0.15) is 67.0 Å². The van der Waals surface area contributed by atoms with Crippen molar-refractivity contribution in [2.45, 2.75) is 57.7 Å². The summed E-state index contributed by atoms with van der Waals surface area (Å²) in [7, 11) is 0. The van der Waals surface area contributed by atoms with E-state index in [1.165, 1.54) is 11.3 Å². The van der Waals surface area contributed by atoms with Crippen molar-refractivity contribution in [3.05, 3.63) is 16.1 Å². The summed E-state index contributed by atoms with van der Waals surface area (Å²) in [6.07, 6.45) is 5.73. The highest BCUT2D eigenvalue weighted by atomic mass is 32.1. The summed E-state index contributed by atoms with van der Waals surface area (Å²) < 4.78 is 5.60. The Morgan fingerprint density at radius 2 is 2.36 bits per heavy atom. The average Bonchev–Trinajstić information content (AvgIpc) is 3.18. The van der Waals surface area contributed by atoms with Gasteiger partial charge in [-0.3, -0.25) is 4.79 Å². The van der Waals surface area contributed by atoms with Gasteiger partial charge in [0, 0.05) is 23.9 Å². The van der Waals surface area contributed by atoms with E-state index in [0.717, 1.165) is 50.1 Å². The molecule has 22 heavy (non-hydrogen) atoms. The van der Waals surface area contributed by atoms with E-state index in [2.05, 4.69) is 17.2 Å². The van der Waals surface area contributed by atoms with Crippen LogP contribution in [0.15, 0.2) is 5.38 Å². The number of aliphatic hydroxyl groups excluding tert-OH is 1. The molecule has 1 aromatic heterocycles. The van der Waals surface area contributed by atoms with E-state index in [4.69, 9.17) is 4.74 Å². The van der Waals surface area contributed by atoms with Crippen molar-refractivity contribution >= 4 is 17.2 Å². The number of hydrogen-bond acceptors (Lipinski definition) is 5. The third kappa shape index (κ3) is 3.34. The Morgan fingerprint density at radius 1 is 1.50 bits per heavy atom. The first kappa shape index (κ1) is 15.9. The Bertz CT molecular complexity index is 527. The Labute approximate surface area is 135 Å². The van der Waals surface area contributed by atoms with Gasteiger partial charge in [-0.25, -0.2) is 4.98 Å². The van der Waals surface area contributed by atoms with E-state index in [9.17, 15) is 9.90 Å². The minimum atomic E-state index is -0.334. The topological polar surface area (TPSA) is 71.5 Å². The number of ether oxygens (including phenoxy) is 1. The van der Waals surface area contributed by atoms with Crippen molar-refractivity contribution in [3.8, 4) is 0 Å². The lowest BCUT2D eigenvalue weighted by Gasteiger charge is -2.38. The molecule has 2 aliphatic rings. The first-order valence-electron chi connectivity index (χ1n) is 8.12. The van der Waals surface area contributed by atoms with Gasteiger partial charge in [0.15, 0.2) is 0 Å². The van der Waals surface area contributed by atoms with Crippen molar-refractivity contribution in [2.75, 3.05) is 13.2 Å². The number of hydrogen-bond donors (Lipinski definition) is 2. The number of carbonyl (C=O) groups is 1. The van der Waals surface area contributed by atoms with E-state index in [1.54, 1.807) is 5.38 Å². The number of thiazole rings is 1. The molecule has 2 fully saturated rings. The van der Waals surface area contributed by atoms with Crippen molar-refractivity contribution in [1.82, 2.24) is 10.3 Å². The van der Waals surface area contributed by atoms with Crippen LogP contribution in [0.2, 0.25) is 0 Å². The summed E-state index contributed by atoms with van der Waals surface area (Å²) in [5.41, 5.74) is 0.241. The van der Waals surface area contributed by atoms with Gasteiger partial charge in [-0.15, -0.1) is 11.3 Å². The van der Waals surface area contributed by atoms with Gasteiger partial charge < -0.3 is 15.2 Å². The molecular weight excluding hydrogens is 300 g/mol. The number of aliphatic hydroxyl groups is 1. The highest BCUT2D eigenvalue weighted by Gasteiger charge is 2.35. The van der Waals surface area contributed by atoms with Crippen molar-refractivity contribution < 1.29 is 14.6 Å². The van der Waals surface area contributed by atoms with Crippen molar-refractivity contribution in [2.24, 2.45) is 5.41 Å². The molecule has 0 radical (unpaired) electrons. The van der Waals surface area contributed by atoms with Crippen molar-refractivity contribution in [3.63, 3.8) is 0 Å². The Morgan fingerprint density at radius 3 is 3.09 bits per heavy atom. The van der Waals surface area contributed by atoms with Crippen LogP contribution in [0.25, 0.3) is 0 Å². The molecule has 1 saturated heterocycles. The zero-order valence-corrected chi connectivity index (χ0v) is 13.8. The second kappa shape index (κ2) is 6.64. The summed E-state index contributed by atoms with van der Waals surface area (Å²) in [5, 5.41) is 15.8. The summed E-state index contributed by atoms with van der Waals surface area (Å²) in [6, 6.07) is 0. The van der Waals surface area contributed by atoms with Gasteiger partial charge in [-0.2, -0.15) is 0 Å². The molecule has 1 aromatic rings. The zero-order valence-electron chi connectivity index (χ0n) is 13.0. The molecule has 6 heteroatoms. The maximum absolute atomic E-state index is 12.3. The minimum absolute atomic E-state index is 0.0595. The quantitative estimate of drug-likeness (QED) is 0.893. The number of carbonyl (C=O) groups excluding carboxylic acids is 1. The SMILES string of the molecule is CC1(CNC(=O)c2csc(C3CCCO3)n2)CCCCC1O. The molecule has 1 saturated carbocycles. The van der Waals surface area contributed by atoms with Crippen LogP contribution < -0.4 is 5.32 Å². The molecule has 0 spiro atoms. The first-order valence-corrected chi connectivity index (χ1v) is 9.00. The molecule has 1 aliphatic heterocycles. The predicted octanol–water partition coefficient (Wildman–Crippen LogP) is 2.67.